The lowest BCUT2D eigenvalue weighted by atomic mass is 9.76. The van der Waals surface area contributed by atoms with Gasteiger partial charge in [-0.1, -0.05) is 0 Å². The molecule has 2 saturated heterocycles. The number of nitrogens with zero attached hydrogens (tertiary/aromatic N) is 3. The SMILES string of the molecule is CN1CCC2(CC1)COC(Cc1cnccn1)C2. The lowest BCUT2D eigenvalue weighted by molar-refractivity contribution is 0.0711. The molecule has 2 aliphatic heterocycles. The maximum absolute atomic E-state index is 6.00. The molecular weight excluding hydrogens is 226 g/mol. The maximum Gasteiger partial charge on any atom is 0.0637 e. The first-order chi connectivity index (χ1) is 8.76. The van der Waals surface area contributed by atoms with Crippen LogP contribution in [0.15, 0.2) is 18.6 Å². The number of hydrogen-bond donors (Lipinski definition) is 0. The molecule has 0 bridgehead atoms. The molecule has 3 rings (SSSR count). The van der Waals surface area contributed by atoms with Crippen molar-refractivity contribution in [2.24, 2.45) is 5.41 Å². The second kappa shape index (κ2) is 4.94. The summed E-state index contributed by atoms with van der Waals surface area (Å²) >= 11 is 0. The van der Waals surface area contributed by atoms with Gasteiger partial charge in [-0.05, 0) is 44.8 Å². The summed E-state index contributed by atoms with van der Waals surface area (Å²) in [5.41, 5.74) is 1.49. The van der Waals surface area contributed by atoms with Gasteiger partial charge in [0.2, 0.25) is 0 Å². The minimum Gasteiger partial charge on any atom is -0.377 e. The van der Waals surface area contributed by atoms with E-state index in [1.54, 1.807) is 12.4 Å². The smallest absolute Gasteiger partial charge is 0.0637 e. The molecule has 1 spiro atoms. The van der Waals surface area contributed by atoms with Crippen LogP contribution in [0, 0.1) is 5.41 Å². The Kier molecular flexibility index (Phi) is 3.31. The Bertz CT molecular complexity index is 387. The maximum atomic E-state index is 6.00. The summed E-state index contributed by atoms with van der Waals surface area (Å²) in [6.45, 7) is 3.36. The molecule has 2 aliphatic rings. The monoisotopic (exact) mass is 247 g/mol. The van der Waals surface area contributed by atoms with Crippen molar-refractivity contribution >= 4 is 0 Å². The third-order valence-electron chi connectivity index (χ3n) is 4.39. The van der Waals surface area contributed by atoms with Gasteiger partial charge in [-0.2, -0.15) is 0 Å². The number of likely N-dealkylation sites (tertiary alicyclic amines) is 1. The van der Waals surface area contributed by atoms with Gasteiger partial charge in [0.25, 0.3) is 0 Å². The van der Waals surface area contributed by atoms with E-state index in [9.17, 15) is 0 Å². The third kappa shape index (κ3) is 2.54. The van der Waals surface area contributed by atoms with Crippen LogP contribution in [0.5, 0.6) is 0 Å². The van der Waals surface area contributed by atoms with Gasteiger partial charge in [0.05, 0.1) is 18.4 Å². The van der Waals surface area contributed by atoms with Crippen molar-refractivity contribution in [2.75, 3.05) is 26.7 Å². The van der Waals surface area contributed by atoms with Gasteiger partial charge >= 0.3 is 0 Å². The summed E-state index contributed by atoms with van der Waals surface area (Å²) in [5.74, 6) is 0. The van der Waals surface area contributed by atoms with Crippen molar-refractivity contribution in [3.05, 3.63) is 24.3 Å². The van der Waals surface area contributed by atoms with E-state index >= 15 is 0 Å². The lowest BCUT2D eigenvalue weighted by Gasteiger charge is -2.36. The fourth-order valence-corrected chi connectivity index (χ4v) is 3.14. The number of hydrogen-bond acceptors (Lipinski definition) is 4. The predicted octanol–water partition coefficient (Wildman–Crippen LogP) is 1.52. The molecule has 98 valence electrons. The van der Waals surface area contributed by atoms with Crippen molar-refractivity contribution < 1.29 is 4.74 Å². The summed E-state index contributed by atoms with van der Waals surface area (Å²) in [6, 6.07) is 0. The van der Waals surface area contributed by atoms with Gasteiger partial charge in [-0.3, -0.25) is 9.97 Å². The summed E-state index contributed by atoms with van der Waals surface area (Å²) in [4.78, 5) is 10.9. The first-order valence-corrected chi connectivity index (χ1v) is 6.81. The third-order valence-corrected chi connectivity index (χ3v) is 4.39. The molecular formula is C14H21N3O. The summed E-state index contributed by atoms with van der Waals surface area (Å²) in [7, 11) is 2.21. The number of rotatable bonds is 2. The number of piperidine rings is 1. The molecule has 1 atom stereocenters. The second-order valence-corrected chi connectivity index (χ2v) is 5.84. The Hall–Kier alpha value is -1.00. The first kappa shape index (κ1) is 12.1. The van der Waals surface area contributed by atoms with Crippen LogP contribution in [0.4, 0.5) is 0 Å². The van der Waals surface area contributed by atoms with Crippen molar-refractivity contribution in [1.82, 2.24) is 14.9 Å². The normalized spacial score (nSPS) is 27.7. The summed E-state index contributed by atoms with van der Waals surface area (Å²) in [5, 5.41) is 0. The van der Waals surface area contributed by atoms with Crippen LogP contribution in [0.2, 0.25) is 0 Å². The van der Waals surface area contributed by atoms with Crippen molar-refractivity contribution in [2.45, 2.75) is 31.8 Å². The average Bonchev–Trinajstić information content (AvgIpc) is 2.78. The largest absolute Gasteiger partial charge is 0.377 e. The predicted molar refractivity (Wildman–Crippen MR) is 69.3 cm³/mol. The van der Waals surface area contributed by atoms with Crippen LogP contribution in [0.3, 0.4) is 0 Å². The van der Waals surface area contributed by atoms with Gasteiger partial charge in [-0.25, -0.2) is 0 Å². The van der Waals surface area contributed by atoms with E-state index < -0.39 is 0 Å². The fraction of sp³-hybridized carbons (Fsp3) is 0.714. The van der Waals surface area contributed by atoms with Crippen LogP contribution >= 0.6 is 0 Å². The minimum absolute atomic E-state index is 0.338. The molecule has 4 heteroatoms. The van der Waals surface area contributed by atoms with Gasteiger partial charge in [0, 0.05) is 25.0 Å². The average molecular weight is 247 g/mol. The van der Waals surface area contributed by atoms with Gasteiger partial charge in [0.15, 0.2) is 0 Å². The molecule has 3 heterocycles. The van der Waals surface area contributed by atoms with Crippen LogP contribution in [0.1, 0.15) is 25.0 Å². The molecule has 1 aromatic heterocycles. The van der Waals surface area contributed by atoms with Crippen LogP contribution in [-0.4, -0.2) is 47.7 Å². The molecule has 0 aromatic carbocycles. The zero-order chi connectivity index (χ0) is 12.4. The Morgan fingerprint density at radius 3 is 2.94 bits per heavy atom. The van der Waals surface area contributed by atoms with Gasteiger partial charge in [-0.15, -0.1) is 0 Å². The molecule has 1 aromatic rings. The second-order valence-electron chi connectivity index (χ2n) is 5.84. The highest BCUT2D eigenvalue weighted by atomic mass is 16.5. The molecule has 4 nitrogen and oxygen atoms in total. The van der Waals surface area contributed by atoms with Crippen LogP contribution < -0.4 is 0 Å². The molecule has 1 unspecified atom stereocenters. The van der Waals surface area contributed by atoms with E-state index in [-0.39, 0.29) is 0 Å². The zero-order valence-electron chi connectivity index (χ0n) is 11.0. The molecule has 0 saturated carbocycles. The van der Waals surface area contributed by atoms with E-state index in [0.717, 1.165) is 18.7 Å². The molecule has 0 amide bonds. The zero-order valence-corrected chi connectivity index (χ0v) is 11.0. The van der Waals surface area contributed by atoms with E-state index in [4.69, 9.17) is 4.74 Å². The Morgan fingerprint density at radius 1 is 1.39 bits per heavy atom. The first-order valence-electron chi connectivity index (χ1n) is 6.81. The standard InChI is InChI=1S/C14H21N3O/c1-17-6-2-14(3-7-17)9-13(18-11-14)8-12-10-15-4-5-16-12/h4-5,10,13H,2-3,6-9,11H2,1H3. The topological polar surface area (TPSA) is 38.2 Å². The quantitative estimate of drug-likeness (QED) is 0.794. The fourth-order valence-electron chi connectivity index (χ4n) is 3.14. The van der Waals surface area contributed by atoms with Gasteiger partial charge in [0.1, 0.15) is 0 Å². The number of aromatic nitrogens is 2. The van der Waals surface area contributed by atoms with E-state index in [1.807, 2.05) is 6.20 Å². The highest BCUT2D eigenvalue weighted by Crippen LogP contribution is 2.42. The van der Waals surface area contributed by atoms with E-state index in [0.29, 0.717) is 11.5 Å². The molecule has 0 aliphatic carbocycles. The molecule has 0 radical (unpaired) electrons. The van der Waals surface area contributed by atoms with Crippen LogP contribution in [0.25, 0.3) is 0 Å². The van der Waals surface area contributed by atoms with Crippen LogP contribution in [-0.2, 0) is 11.2 Å². The molecule has 2 fully saturated rings. The highest BCUT2D eigenvalue weighted by molar-refractivity contribution is 5.00. The Balaban J connectivity index is 1.58. The highest BCUT2D eigenvalue weighted by Gasteiger charge is 2.41. The van der Waals surface area contributed by atoms with Crippen molar-refractivity contribution in [3.63, 3.8) is 0 Å². The number of ether oxygens (including phenoxy) is 1. The molecule has 0 N–H and O–H groups in total. The summed E-state index contributed by atoms with van der Waals surface area (Å²) < 4.78 is 6.00. The summed E-state index contributed by atoms with van der Waals surface area (Å²) in [6.07, 6.45) is 10.3. The van der Waals surface area contributed by atoms with E-state index in [1.165, 1.54) is 32.4 Å². The Morgan fingerprint density at radius 2 is 2.22 bits per heavy atom. The molecule has 18 heavy (non-hydrogen) atoms. The van der Waals surface area contributed by atoms with E-state index in [2.05, 4.69) is 21.9 Å². The van der Waals surface area contributed by atoms with Gasteiger partial charge < -0.3 is 9.64 Å². The lowest BCUT2D eigenvalue weighted by Crippen LogP contribution is -2.38. The Labute approximate surface area is 108 Å². The van der Waals surface area contributed by atoms with Crippen molar-refractivity contribution in [1.29, 1.82) is 0 Å². The minimum atomic E-state index is 0.338. The van der Waals surface area contributed by atoms with Crippen molar-refractivity contribution in [3.8, 4) is 0 Å².